The van der Waals surface area contributed by atoms with Crippen molar-refractivity contribution >= 4 is 28.4 Å². The number of para-hydroxylation sites is 1. The predicted octanol–water partition coefficient (Wildman–Crippen LogP) is 4.15. The maximum absolute atomic E-state index is 13.4. The molecule has 2 amide bonds. The molecular weight excluding hydrogens is 388 g/mol. The Bertz CT molecular complexity index is 1300. The summed E-state index contributed by atoms with van der Waals surface area (Å²) < 4.78 is 2.06. The van der Waals surface area contributed by atoms with Crippen molar-refractivity contribution in [2.75, 3.05) is 5.32 Å². The molecular formula is C25H22N4O2. The van der Waals surface area contributed by atoms with Gasteiger partial charge in [-0.15, -0.1) is 0 Å². The molecule has 6 nitrogen and oxygen atoms in total. The summed E-state index contributed by atoms with van der Waals surface area (Å²) in [6, 6.07) is 18.3. The number of amides is 2. The van der Waals surface area contributed by atoms with Gasteiger partial charge in [0, 0.05) is 41.5 Å². The van der Waals surface area contributed by atoms with Crippen LogP contribution in [0.1, 0.15) is 34.5 Å². The zero-order valence-electron chi connectivity index (χ0n) is 17.3. The Kier molecular flexibility index (Phi) is 4.55. The lowest BCUT2D eigenvalue weighted by atomic mass is 9.97. The number of aryl methyl sites for hydroxylation is 1. The molecule has 0 spiro atoms. The maximum Gasteiger partial charge on any atom is 0.255 e. The first kappa shape index (κ1) is 19.1. The fourth-order valence-electron chi connectivity index (χ4n) is 4.45. The van der Waals surface area contributed by atoms with E-state index in [0.29, 0.717) is 11.3 Å². The highest BCUT2D eigenvalue weighted by Gasteiger charge is 2.43. The summed E-state index contributed by atoms with van der Waals surface area (Å²) in [6.45, 7) is 1.77. The third-order valence-electron chi connectivity index (χ3n) is 5.95. The van der Waals surface area contributed by atoms with Gasteiger partial charge in [-0.05, 0) is 36.8 Å². The van der Waals surface area contributed by atoms with Crippen LogP contribution in [0, 0.1) is 0 Å². The van der Waals surface area contributed by atoms with E-state index in [4.69, 9.17) is 0 Å². The molecule has 31 heavy (non-hydrogen) atoms. The molecule has 3 heterocycles. The van der Waals surface area contributed by atoms with E-state index in [1.54, 1.807) is 36.4 Å². The third-order valence-corrected chi connectivity index (χ3v) is 5.95. The Labute approximate surface area is 180 Å². The number of nitrogens with one attached hydrogen (secondary N) is 1. The quantitative estimate of drug-likeness (QED) is 0.550. The number of benzene rings is 2. The van der Waals surface area contributed by atoms with E-state index in [2.05, 4.69) is 33.2 Å². The van der Waals surface area contributed by atoms with E-state index in [0.717, 1.165) is 22.0 Å². The van der Waals surface area contributed by atoms with Crippen molar-refractivity contribution in [1.82, 2.24) is 14.5 Å². The first-order chi connectivity index (χ1) is 15.1. The maximum atomic E-state index is 13.4. The Morgan fingerprint density at radius 3 is 2.61 bits per heavy atom. The molecule has 2 atom stereocenters. The molecule has 0 bridgehead atoms. The first-order valence-electron chi connectivity index (χ1n) is 10.2. The van der Waals surface area contributed by atoms with E-state index in [-0.39, 0.29) is 17.9 Å². The van der Waals surface area contributed by atoms with Crippen LogP contribution in [0.2, 0.25) is 0 Å². The summed E-state index contributed by atoms with van der Waals surface area (Å²) in [7, 11) is 2.00. The van der Waals surface area contributed by atoms with Crippen LogP contribution in [0.5, 0.6) is 0 Å². The highest BCUT2D eigenvalue weighted by Crippen LogP contribution is 2.42. The minimum Gasteiger partial charge on any atom is -0.350 e. The fraction of sp³-hybridized carbons (Fsp3) is 0.160. The van der Waals surface area contributed by atoms with Gasteiger partial charge < -0.3 is 14.8 Å². The molecule has 1 aliphatic heterocycles. The van der Waals surface area contributed by atoms with E-state index in [9.17, 15) is 9.59 Å². The number of hydrogen-bond acceptors (Lipinski definition) is 3. The number of carbonyl (C=O) groups excluding carboxylic acids is 2. The van der Waals surface area contributed by atoms with E-state index < -0.39 is 6.04 Å². The van der Waals surface area contributed by atoms with Gasteiger partial charge in [-0.3, -0.25) is 14.6 Å². The van der Waals surface area contributed by atoms with E-state index >= 15 is 0 Å². The van der Waals surface area contributed by atoms with Crippen LogP contribution >= 0.6 is 0 Å². The first-order valence-corrected chi connectivity index (χ1v) is 10.2. The zero-order valence-corrected chi connectivity index (χ0v) is 17.3. The molecule has 2 aromatic carbocycles. The predicted molar refractivity (Wildman–Crippen MR) is 120 cm³/mol. The SMILES string of the molecule is C[C@@H](C(=O)Nc1cccnc1)N1C(=O)c2ccccc2[C@H]1c1cn(C)c2ccccc12. The van der Waals surface area contributed by atoms with Crippen molar-refractivity contribution in [2.24, 2.45) is 7.05 Å². The summed E-state index contributed by atoms with van der Waals surface area (Å²) in [5.41, 5.74) is 4.26. The van der Waals surface area contributed by atoms with Crippen LogP contribution in [0.4, 0.5) is 5.69 Å². The smallest absolute Gasteiger partial charge is 0.255 e. The molecule has 5 rings (SSSR count). The molecule has 0 fully saturated rings. The number of pyridine rings is 1. The number of carbonyl (C=O) groups is 2. The van der Waals surface area contributed by atoms with Crippen LogP contribution in [-0.2, 0) is 11.8 Å². The van der Waals surface area contributed by atoms with Gasteiger partial charge in [0.25, 0.3) is 5.91 Å². The minimum atomic E-state index is -0.677. The number of aromatic nitrogens is 2. The molecule has 154 valence electrons. The number of rotatable bonds is 4. The average molecular weight is 410 g/mol. The van der Waals surface area contributed by atoms with Gasteiger partial charge in [0.05, 0.1) is 17.9 Å². The van der Waals surface area contributed by atoms with Crippen LogP contribution in [0.3, 0.4) is 0 Å². The molecule has 1 N–H and O–H groups in total. The lowest BCUT2D eigenvalue weighted by Crippen LogP contribution is -2.44. The van der Waals surface area contributed by atoms with Crippen LogP contribution in [-0.4, -0.2) is 32.3 Å². The topological polar surface area (TPSA) is 67.2 Å². The van der Waals surface area contributed by atoms with Crippen LogP contribution < -0.4 is 5.32 Å². The highest BCUT2D eigenvalue weighted by atomic mass is 16.2. The van der Waals surface area contributed by atoms with Crippen molar-refractivity contribution in [3.63, 3.8) is 0 Å². The van der Waals surface area contributed by atoms with Crippen molar-refractivity contribution < 1.29 is 9.59 Å². The molecule has 0 unspecified atom stereocenters. The van der Waals surface area contributed by atoms with Gasteiger partial charge in [0.15, 0.2) is 0 Å². The van der Waals surface area contributed by atoms with Crippen molar-refractivity contribution in [2.45, 2.75) is 19.0 Å². The van der Waals surface area contributed by atoms with Gasteiger partial charge >= 0.3 is 0 Å². The van der Waals surface area contributed by atoms with Crippen LogP contribution in [0.15, 0.2) is 79.3 Å². The number of hydrogen-bond donors (Lipinski definition) is 1. The summed E-state index contributed by atoms with van der Waals surface area (Å²) in [5.74, 6) is -0.387. The van der Waals surface area contributed by atoms with Gasteiger partial charge in [0.2, 0.25) is 5.91 Å². The molecule has 1 aliphatic rings. The molecule has 0 saturated carbocycles. The monoisotopic (exact) mass is 410 g/mol. The summed E-state index contributed by atoms with van der Waals surface area (Å²) in [5, 5.41) is 3.95. The van der Waals surface area contributed by atoms with Crippen molar-refractivity contribution in [1.29, 1.82) is 0 Å². The van der Waals surface area contributed by atoms with Gasteiger partial charge in [-0.1, -0.05) is 36.4 Å². The fourth-order valence-corrected chi connectivity index (χ4v) is 4.45. The lowest BCUT2D eigenvalue weighted by Gasteiger charge is -2.30. The molecule has 6 heteroatoms. The second-order valence-corrected chi connectivity index (χ2v) is 7.82. The molecule has 0 saturated heterocycles. The van der Waals surface area contributed by atoms with Crippen LogP contribution in [0.25, 0.3) is 10.9 Å². The Balaban J connectivity index is 1.60. The number of anilines is 1. The Hall–Kier alpha value is -3.93. The molecule has 4 aromatic rings. The molecule has 0 aliphatic carbocycles. The standard InChI is InChI=1S/C25H22N4O2/c1-16(24(30)27-17-8-7-13-26-14-17)29-23(19-10-3-4-11-20(19)25(29)31)21-15-28(2)22-12-6-5-9-18(21)22/h3-16,23H,1-2H3,(H,27,30)/t16-,23-/m0/s1. The summed E-state index contributed by atoms with van der Waals surface area (Å²) in [6.07, 6.45) is 5.30. The molecule has 2 aromatic heterocycles. The van der Waals surface area contributed by atoms with Crippen molar-refractivity contribution in [3.8, 4) is 0 Å². The average Bonchev–Trinajstić information content (AvgIpc) is 3.28. The second kappa shape index (κ2) is 7.40. The number of fused-ring (bicyclic) bond motifs is 2. The van der Waals surface area contributed by atoms with Gasteiger partial charge in [-0.25, -0.2) is 0 Å². The van der Waals surface area contributed by atoms with E-state index in [1.807, 2.05) is 43.4 Å². The summed E-state index contributed by atoms with van der Waals surface area (Å²) >= 11 is 0. The zero-order chi connectivity index (χ0) is 21.5. The second-order valence-electron chi connectivity index (χ2n) is 7.82. The summed E-state index contributed by atoms with van der Waals surface area (Å²) in [4.78, 5) is 32.3. The van der Waals surface area contributed by atoms with E-state index in [1.165, 1.54) is 0 Å². The lowest BCUT2D eigenvalue weighted by molar-refractivity contribution is -0.120. The largest absolute Gasteiger partial charge is 0.350 e. The van der Waals surface area contributed by atoms with Crippen molar-refractivity contribution in [3.05, 3.63) is 95.9 Å². The number of nitrogens with zero attached hydrogens (tertiary/aromatic N) is 3. The van der Waals surface area contributed by atoms with Gasteiger partial charge in [0.1, 0.15) is 6.04 Å². The highest BCUT2D eigenvalue weighted by molar-refractivity contribution is 6.05. The Morgan fingerprint density at radius 2 is 1.81 bits per heavy atom. The minimum absolute atomic E-state index is 0.137. The normalized spacial score (nSPS) is 16.4. The third kappa shape index (κ3) is 3.08. The molecule has 0 radical (unpaired) electrons. The Morgan fingerprint density at radius 1 is 1.03 bits per heavy atom. The van der Waals surface area contributed by atoms with Gasteiger partial charge in [-0.2, -0.15) is 0 Å².